The van der Waals surface area contributed by atoms with Crippen LogP contribution in [0.2, 0.25) is 0 Å². The van der Waals surface area contributed by atoms with Gasteiger partial charge in [-0.25, -0.2) is 0 Å². The zero-order valence-corrected chi connectivity index (χ0v) is 17.1. The van der Waals surface area contributed by atoms with Crippen molar-refractivity contribution in [3.8, 4) is 5.75 Å². The molecular formula is C22H24N4O5. The minimum absolute atomic E-state index is 0.00315. The van der Waals surface area contributed by atoms with Gasteiger partial charge < -0.3 is 29.8 Å². The van der Waals surface area contributed by atoms with Crippen LogP contribution in [0.25, 0.3) is 10.9 Å². The summed E-state index contributed by atoms with van der Waals surface area (Å²) in [6.45, 7) is 0.566. The zero-order valence-electron chi connectivity index (χ0n) is 17.1. The number of aliphatic hydroxyl groups is 1. The molecule has 1 saturated heterocycles. The topological polar surface area (TPSA) is 117 Å². The number of benzene rings is 1. The Morgan fingerprint density at radius 1 is 1.32 bits per heavy atom. The summed E-state index contributed by atoms with van der Waals surface area (Å²) in [6, 6.07) is 12.3. The van der Waals surface area contributed by atoms with Gasteiger partial charge in [-0.2, -0.15) is 0 Å². The number of carbonyl (C=O) groups excluding carboxylic acids is 2. The lowest BCUT2D eigenvalue weighted by molar-refractivity contribution is -0.0324. The molecule has 2 aromatic heterocycles. The molecule has 0 saturated carbocycles. The summed E-state index contributed by atoms with van der Waals surface area (Å²) in [5, 5.41) is 14.6. The van der Waals surface area contributed by atoms with E-state index in [1.807, 2.05) is 18.2 Å². The molecule has 162 valence electrons. The third-order valence-electron chi connectivity index (χ3n) is 5.18. The highest BCUT2D eigenvalue weighted by Crippen LogP contribution is 2.23. The van der Waals surface area contributed by atoms with Crippen LogP contribution in [-0.4, -0.2) is 77.3 Å². The molecule has 9 heteroatoms. The van der Waals surface area contributed by atoms with Crippen LogP contribution in [0.15, 0.2) is 48.7 Å². The van der Waals surface area contributed by atoms with Gasteiger partial charge in [0, 0.05) is 23.6 Å². The number of aromatic amines is 1. The van der Waals surface area contributed by atoms with Gasteiger partial charge in [-0.15, -0.1) is 0 Å². The highest BCUT2D eigenvalue weighted by molar-refractivity contribution is 5.98. The molecular weight excluding hydrogens is 400 g/mol. The van der Waals surface area contributed by atoms with Gasteiger partial charge >= 0.3 is 0 Å². The molecule has 0 aliphatic carbocycles. The van der Waals surface area contributed by atoms with Gasteiger partial charge in [-0.05, 0) is 36.4 Å². The number of nitrogens with zero attached hydrogens (tertiary/aromatic N) is 2. The number of hydrogen-bond donors (Lipinski definition) is 3. The van der Waals surface area contributed by atoms with Crippen molar-refractivity contribution in [3.63, 3.8) is 0 Å². The predicted octanol–water partition coefficient (Wildman–Crippen LogP) is 1.20. The normalized spacial score (nSPS) is 19.1. The van der Waals surface area contributed by atoms with Crippen molar-refractivity contribution >= 4 is 22.7 Å². The van der Waals surface area contributed by atoms with Crippen LogP contribution in [-0.2, 0) is 4.74 Å². The SMILES string of the molecule is COc1ccc2[nH]c(C(=O)N3CCOC[C@](O)(CNC(=O)c4ccccn4)C3)cc2c1. The minimum atomic E-state index is -1.42. The molecule has 1 atom stereocenters. The highest BCUT2D eigenvalue weighted by Gasteiger charge is 2.35. The Kier molecular flexibility index (Phi) is 5.88. The van der Waals surface area contributed by atoms with Crippen molar-refractivity contribution in [1.82, 2.24) is 20.2 Å². The molecule has 0 spiro atoms. The van der Waals surface area contributed by atoms with Gasteiger partial charge in [-0.3, -0.25) is 14.6 Å². The summed E-state index contributed by atoms with van der Waals surface area (Å²) < 4.78 is 10.7. The maximum atomic E-state index is 13.1. The summed E-state index contributed by atoms with van der Waals surface area (Å²) in [7, 11) is 1.59. The van der Waals surface area contributed by atoms with Crippen molar-refractivity contribution in [2.24, 2.45) is 0 Å². The van der Waals surface area contributed by atoms with E-state index < -0.39 is 11.5 Å². The fourth-order valence-corrected chi connectivity index (χ4v) is 3.55. The maximum Gasteiger partial charge on any atom is 0.270 e. The fraction of sp³-hybridized carbons (Fsp3) is 0.318. The Morgan fingerprint density at radius 2 is 2.19 bits per heavy atom. The Hall–Kier alpha value is -3.43. The third kappa shape index (κ3) is 4.68. The van der Waals surface area contributed by atoms with Crippen LogP contribution in [0.3, 0.4) is 0 Å². The van der Waals surface area contributed by atoms with Gasteiger partial charge in [0.1, 0.15) is 22.7 Å². The van der Waals surface area contributed by atoms with Crippen LogP contribution in [0, 0.1) is 0 Å². The fourth-order valence-electron chi connectivity index (χ4n) is 3.55. The molecule has 9 nitrogen and oxygen atoms in total. The summed E-state index contributed by atoms with van der Waals surface area (Å²) in [5.41, 5.74) is 0.0476. The molecule has 1 fully saturated rings. The van der Waals surface area contributed by atoms with E-state index in [9.17, 15) is 14.7 Å². The Bertz CT molecular complexity index is 1080. The number of nitrogens with one attached hydrogen (secondary N) is 2. The van der Waals surface area contributed by atoms with Crippen molar-refractivity contribution in [2.45, 2.75) is 5.60 Å². The van der Waals surface area contributed by atoms with Gasteiger partial charge in [0.25, 0.3) is 11.8 Å². The second-order valence-electron chi connectivity index (χ2n) is 7.54. The molecule has 3 aromatic rings. The van der Waals surface area contributed by atoms with Crippen LogP contribution in [0.1, 0.15) is 21.0 Å². The first kappa shape index (κ1) is 20.8. The van der Waals surface area contributed by atoms with E-state index in [1.165, 1.54) is 11.1 Å². The number of fused-ring (bicyclic) bond motifs is 1. The molecule has 3 heterocycles. The summed E-state index contributed by atoms with van der Waals surface area (Å²) in [4.78, 5) is 34.0. The average Bonchev–Trinajstić information content (AvgIpc) is 3.12. The van der Waals surface area contributed by atoms with Crippen LogP contribution < -0.4 is 10.1 Å². The Balaban J connectivity index is 1.47. The largest absolute Gasteiger partial charge is 0.497 e. The number of β-amino-alcohol motifs (C(OH)–C–C–N with tert-alkyl or cyclic N) is 1. The molecule has 3 N–H and O–H groups in total. The summed E-state index contributed by atoms with van der Waals surface area (Å²) in [6.07, 6.45) is 1.52. The molecule has 4 rings (SSSR count). The molecule has 1 aliphatic heterocycles. The van der Waals surface area contributed by atoms with E-state index in [0.717, 1.165) is 10.9 Å². The number of pyridine rings is 1. The van der Waals surface area contributed by atoms with Gasteiger partial charge in [-0.1, -0.05) is 6.07 Å². The number of ether oxygens (including phenoxy) is 2. The first-order valence-corrected chi connectivity index (χ1v) is 9.93. The maximum absolute atomic E-state index is 13.1. The van der Waals surface area contributed by atoms with Gasteiger partial charge in [0.15, 0.2) is 0 Å². The van der Waals surface area contributed by atoms with Crippen molar-refractivity contribution in [3.05, 3.63) is 60.0 Å². The van der Waals surface area contributed by atoms with Crippen LogP contribution in [0.5, 0.6) is 5.75 Å². The molecule has 31 heavy (non-hydrogen) atoms. The standard InChI is InChI=1S/C22H24N4O5/c1-30-16-5-6-17-15(10-16)11-19(25-17)21(28)26-8-9-31-14-22(29,13-26)12-24-20(27)18-4-2-3-7-23-18/h2-7,10-11,25,29H,8-9,12-14H2,1H3,(H,24,27)/t22-/m0/s1. The first-order valence-electron chi connectivity index (χ1n) is 9.93. The number of aromatic nitrogens is 2. The molecule has 1 aliphatic rings. The van der Waals surface area contributed by atoms with Crippen LogP contribution >= 0.6 is 0 Å². The molecule has 0 radical (unpaired) electrons. The van der Waals surface area contributed by atoms with Crippen molar-refractivity contribution in [1.29, 1.82) is 0 Å². The van der Waals surface area contributed by atoms with Gasteiger partial charge in [0.2, 0.25) is 0 Å². The molecule has 1 aromatic carbocycles. The average molecular weight is 424 g/mol. The molecule has 2 amide bonds. The smallest absolute Gasteiger partial charge is 0.270 e. The third-order valence-corrected chi connectivity index (χ3v) is 5.18. The zero-order chi connectivity index (χ0) is 21.8. The number of carbonyl (C=O) groups is 2. The second kappa shape index (κ2) is 8.75. The minimum Gasteiger partial charge on any atom is -0.497 e. The number of rotatable bonds is 5. The van der Waals surface area contributed by atoms with E-state index in [-0.39, 0.29) is 37.9 Å². The lowest BCUT2D eigenvalue weighted by Gasteiger charge is -2.30. The quantitative estimate of drug-likeness (QED) is 0.567. The lowest BCUT2D eigenvalue weighted by Crippen LogP contribution is -2.53. The lowest BCUT2D eigenvalue weighted by atomic mass is 10.0. The summed E-state index contributed by atoms with van der Waals surface area (Å²) >= 11 is 0. The second-order valence-corrected chi connectivity index (χ2v) is 7.54. The predicted molar refractivity (Wildman–Crippen MR) is 113 cm³/mol. The van der Waals surface area contributed by atoms with E-state index in [2.05, 4.69) is 15.3 Å². The van der Waals surface area contributed by atoms with Crippen molar-refractivity contribution < 1.29 is 24.2 Å². The van der Waals surface area contributed by atoms with E-state index >= 15 is 0 Å². The Morgan fingerprint density at radius 3 is 2.97 bits per heavy atom. The molecule has 0 unspecified atom stereocenters. The van der Waals surface area contributed by atoms with E-state index in [1.54, 1.807) is 31.4 Å². The monoisotopic (exact) mass is 424 g/mol. The number of hydrogen-bond acceptors (Lipinski definition) is 6. The van der Waals surface area contributed by atoms with Gasteiger partial charge in [0.05, 0.1) is 33.4 Å². The number of H-pyrrole nitrogens is 1. The van der Waals surface area contributed by atoms with E-state index in [0.29, 0.717) is 18.0 Å². The highest BCUT2D eigenvalue weighted by atomic mass is 16.5. The number of amides is 2. The first-order chi connectivity index (χ1) is 15.0. The molecule has 0 bridgehead atoms. The Labute approximate surface area is 179 Å². The van der Waals surface area contributed by atoms with Crippen LogP contribution in [0.4, 0.5) is 0 Å². The number of methoxy groups -OCH3 is 1. The summed E-state index contributed by atoms with van der Waals surface area (Å²) in [5.74, 6) is 0.0440. The van der Waals surface area contributed by atoms with Crippen molar-refractivity contribution in [2.75, 3.05) is 40.0 Å². The van der Waals surface area contributed by atoms with E-state index in [4.69, 9.17) is 9.47 Å².